The summed E-state index contributed by atoms with van der Waals surface area (Å²) in [6.07, 6.45) is 3.93. The van der Waals surface area contributed by atoms with E-state index in [9.17, 15) is 14.9 Å². The summed E-state index contributed by atoms with van der Waals surface area (Å²) in [5, 5.41) is 9.81. The number of nitrogens with zero attached hydrogens (tertiary/aromatic N) is 2. The Morgan fingerprint density at radius 2 is 1.70 bits per heavy atom. The fourth-order valence-corrected chi connectivity index (χ4v) is 4.84. The number of rotatable bonds is 1. The van der Waals surface area contributed by atoms with Crippen molar-refractivity contribution < 1.29 is 14.5 Å². The van der Waals surface area contributed by atoms with Crippen LogP contribution in [0.4, 0.5) is 5.69 Å². The van der Waals surface area contributed by atoms with Crippen LogP contribution in [-0.2, 0) is 9.59 Å². The molecule has 132 valence electrons. The molecule has 2 aromatic rings. The van der Waals surface area contributed by atoms with Gasteiger partial charge in [-0.1, -0.05) is 42.0 Å². The van der Waals surface area contributed by atoms with E-state index in [0.717, 1.165) is 21.6 Å². The second-order valence-corrected chi connectivity index (χ2v) is 7.45. The number of anilines is 1. The van der Waals surface area contributed by atoms with Crippen molar-refractivity contribution in [1.29, 1.82) is 5.26 Å². The van der Waals surface area contributed by atoms with E-state index in [1.807, 2.05) is 55.6 Å². The Morgan fingerprint density at radius 1 is 1.00 bits per heavy atom. The molecule has 1 unspecified atom stereocenters. The molecule has 0 spiro atoms. The van der Waals surface area contributed by atoms with Gasteiger partial charge < -0.3 is 0 Å². The van der Waals surface area contributed by atoms with Gasteiger partial charge in [0.1, 0.15) is 23.9 Å². The first-order valence-corrected chi connectivity index (χ1v) is 9.09. The maximum atomic E-state index is 13.4. The third-order valence-corrected chi connectivity index (χ3v) is 6.05. The molecule has 0 aliphatic carbocycles. The average molecular weight is 356 g/mol. The first-order chi connectivity index (χ1) is 13.1. The number of imide groups is 1. The number of hydrogen-bond acceptors (Lipinski definition) is 3. The van der Waals surface area contributed by atoms with Gasteiger partial charge in [0, 0.05) is 5.56 Å². The molecule has 5 nitrogen and oxygen atoms in total. The Bertz CT molecular complexity index is 1030. The van der Waals surface area contributed by atoms with E-state index in [-0.39, 0.29) is 17.9 Å². The van der Waals surface area contributed by atoms with Gasteiger partial charge in [-0.15, -0.1) is 0 Å². The lowest BCUT2D eigenvalue weighted by Crippen LogP contribution is -3.10. The van der Waals surface area contributed by atoms with Crippen LogP contribution in [0, 0.1) is 30.1 Å². The van der Waals surface area contributed by atoms with E-state index in [1.165, 1.54) is 4.90 Å². The van der Waals surface area contributed by atoms with E-state index in [0.29, 0.717) is 5.69 Å². The molecule has 1 N–H and O–H groups in total. The van der Waals surface area contributed by atoms with E-state index in [4.69, 9.17) is 0 Å². The van der Waals surface area contributed by atoms with E-state index in [1.54, 1.807) is 12.1 Å². The number of amides is 2. The summed E-state index contributed by atoms with van der Waals surface area (Å²) in [5.41, 5.74) is 3.74. The Labute approximate surface area is 157 Å². The maximum Gasteiger partial charge on any atom is 0.245 e. The molecule has 5 atom stereocenters. The lowest BCUT2D eigenvalue weighted by atomic mass is 9.85. The molecule has 3 heterocycles. The zero-order valence-electron chi connectivity index (χ0n) is 14.8. The number of carbonyl (C=O) groups excluding carboxylic acids is 2. The van der Waals surface area contributed by atoms with Crippen molar-refractivity contribution in [3.63, 3.8) is 0 Å². The molecule has 2 aromatic carbocycles. The van der Waals surface area contributed by atoms with Crippen LogP contribution < -0.4 is 9.80 Å². The first kappa shape index (κ1) is 16.0. The molecule has 0 bridgehead atoms. The third-order valence-electron chi connectivity index (χ3n) is 6.05. The number of fused-ring (bicyclic) bond motifs is 5. The molecular weight excluding hydrogens is 338 g/mol. The normalized spacial score (nSPS) is 30.7. The van der Waals surface area contributed by atoms with Crippen LogP contribution in [0.2, 0.25) is 0 Å². The molecule has 3 aliphatic rings. The van der Waals surface area contributed by atoms with Crippen molar-refractivity contribution in [3.05, 3.63) is 71.4 Å². The molecule has 27 heavy (non-hydrogen) atoms. The largest absolute Gasteiger partial charge is 0.287 e. The quantitative estimate of drug-likeness (QED) is 0.790. The molecular formula is C22H18N3O2+. The standard InChI is InChI=1S/C22H17N3O2/c1-13-6-8-15(9-7-13)25-21(26)18-17(12-23)24-11-10-14-4-2-3-5-16(14)20(24)19(18)22(25)27/h2-11,17-20H,1H3/p+1/t17-,18+,19+,20-/m0/s1. The number of hydrogen-bond donors (Lipinski definition) is 1. The molecule has 3 aliphatic heterocycles. The summed E-state index contributed by atoms with van der Waals surface area (Å²) in [7, 11) is 0. The summed E-state index contributed by atoms with van der Waals surface area (Å²) in [6.45, 7) is 1.96. The van der Waals surface area contributed by atoms with Gasteiger partial charge in [0.05, 0.1) is 11.9 Å². The number of benzene rings is 2. The van der Waals surface area contributed by atoms with Crippen LogP contribution in [0.5, 0.6) is 0 Å². The van der Waals surface area contributed by atoms with Gasteiger partial charge in [-0.2, -0.15) is 5.26 Å². The highest BCUT2D eigenvalue weighted by molar-refractivity contribution is 6.22. The molecule has 2 saturated heterocycles. The van der Waals surface area contributed by atoms with Crippen molar-refractivity contribution >= 4 is 23.6 Å². The van der Waals surface area contributed by atoms with E-state index in [2.05, 4.69) is 6.07 Å². The van der Waals surface area contributed by atoms with Crippen LogP contribution >= 0.6 is 0 Å². The molecule has 5 rings (SSSR count). The van der Waals surface area contributed by atoms with Crippen molar-refractivity contribution in [1.82, 2.24) is 0 Å². The van der Waals surface area contributed by atoms with Crippen LogP contribution in [0.25, 0.3) is 6.08 Å². The Hall–Kier alpha value is -3.23. The van der Waals surface area contributed by atoms with Crippen molar-refractivity contribution in [2.45, 2.75) is 19.0 Å². The molecule has 5 heteroatoms. The lowest BCUT2D eigenvalue weighted by Gasteiger charge is -2.28. The fourth-order valence-electron chi connectivity index (χ4n) is 4.84. The van der Waals surface area contributed by atoms with Crippen molar-refractivity contribution in [2.75, 3.05) is 4.90 Å². The highest BCUT2D eigenvalue weighted by atomic mass is 16.2. The van der Waals surface area contributed by atoms with Crippen LogP contribution in [-0.4, -0.2) is 17.9 Å². The minimum absolute atomic E-state index is 0.195. The second kappa shape index (κ2) is 5.63. The number of carbonyl (C=O) groups is 2. The molecule has 0 saturated carbocycles. The highest BCUT2D eigenvalue weighted by Gasteiger charge is 2.66. The summed E-state index contributed by atoms with van der Waals surface area (Å²) in [5.74, 6) is -1.57. The Kier molecular flexibility index (Phi) is 3.33. The van der Waals surface area contributed by atoms with Crippen LogP contribution in [0.3, 0.4) is 0 Å². The predicted octanol–water partition coefficient (Wildman–Crippen LogP) is 1.62. The van der Waals surface area contributed by atoms with Gasteiger partial charge >= 0.3 is 0 Å². The van der Waals surface area contributed by atoms with E-state index < -0.39 is 17.9 Å². The zero-order chi connectivity index (χ0) is 18.7. The number of quaternary nitrogens is 1. The molecule has 0 aromatic heterocycles. The third kappa shape index (κ3) is 2.08. The summed E-state index contributed by atoms with van der Waals surface area (Å²) in [4.78, 5) is 28.8. The van der Waals surface area contributed by atoms with Crippen molar-refractivity contribution in [3.8, 4) is 6.07 Å². The van der Waals surface area contributed by atoms with Gasteiger partial charge in [0.25, 0.3) is 0 Å². The molecule has 2 amide bonds. The van der Waals surface area contributed by atoms with Crippen LogP contribution in [0.15, 0.2) is 54.7 Å². The van der Waals surface area contributed by atoms with Gasteiger partial charge in [0.15, 0.2) is 6.04 Å². The SMILES string of the molecule is Cc1ccc(N2C(=O)[C@@H]3[C@H](C2=O)[C@H](C#N)[NH+]2C=Cc4ccccc4[C@@H]32)cc1. The van der Waals surface area contributed by atoms with Crippen LogP contribution in [0.1, 0.15) is 22.7 Å². The average Bonchev–Trinajstić information content (AvgIpc) is 3.15. The topological polar surface area (TPSA) is 65.6 Å². The molecule has 0 radical (unpaired) electrons. The van der Waals surface area contributed by atoms with Gasteiger partial charge in [-0.3, -0.25) is 14.5 Å². The summed E-state index contributed by atoms with van der Waals surface area (Å²) >= 11 is 0. The minimum Gasteiger partial charge on any atom is -0.287 e. The van der Waals surface area contributed by atoms with Gasteiger partial charge in [-0.05, 0) is 30.7 Å². The lowest BCUT2D eigenvalue weighted by molar-refractivity contribution is -0.885. The first-order valence-electron chi connectivity index (χ1n) is 9.09. The fraction of sp³-hybridized carbons (Fsp3) is 0.227. The van der Waals surface area contributed by atoms with Gasteiger partial charge in [-0.25, -0.2) is 4.90 Å². The Balaban J connectivity index is 1.63. The van der Waals surface area contributed by atoms with Gasteiger partial charge in [0.2, 0.25) is 11.8 Å². The summed E-state index contributed by atoms with van der Waals surface area (Å²) < 4.78 is 0. The Morgan fingerprint density at radius 3 is 2.44 bits per heavy atom. The monoisotopic (exact) mass is 356 g/mol. The number of nitrogens with one attached hydrogen (secondary N) is 1. The maximum absolute atomic E-state index is 13.4. The minimum atomic E-state index is -0.611. The van der Waals surface area contributed by atoms with E-state index >= 15 is 0 Å². The summed E-state index contributed by atoms with van der Waals surface area (Å²) in [6, 6.07) is 16.9. The highest BCUT2D eigenvalue weighted by Crippen LogP contribution is 2.44. The predicted molar refractivity (Wildman–Crippen MR) is 99.2 cm³/mol. The smallest absolute Gasteiger partial charge is 0.245 e. The second-order valence-electron chi connectivity index (χ2n) is 7.45. The number of aryl methyl sites for hydroxylation is 1. The van der Waals surface area contributed by atoms with Crippen molar-refractivity contribution in [2.24, 2.45) is 11.8 Å². The molecule has 2 fully saturated rings. The number of nitriles is 1. The zero-order valence-corrected chi connectivity index (χ0v) is 14.8.